The Bertz CT molecular complexity index is 1060. The number of nitrogens with zero attached hydrogens (tertiary/aromatic N) is 3. The highest BCUT2D eigenvalue weighted by molar-refractivity contribution is 14.2. The molecule has 0 atom stereocenters. The fourth-order valence-electron chi connectivity index (χ4n) is 2.84. The van der Waals surface area contributed by atoms with Crippen LogP contribution in [0.1, 0.15) is 23.6 Å². The lowest BCUT2D eigenvalue weighted by atomic mass is 10.2. The minimum absolute atomic E-state index is 0.270. The third-order valence-electron chi connectivity index (χ3n) is 4.03. The van der Waals surface area contributed by atoms with Crippen LogP contribution in [0.3, 0.4) is 0 Å². The van der Waals surface area contributed by atoms with E-state index in [0.717, 1.165) is 39.1 Å². The highest BCUT2D eigenvalue weighted by Crippen LogP contribution is 2.30. The summed E-state index contributed by atoms with van der Waals surface area (Å²) in [6.07, 6.45) is 3.75. The molecule has 1 aromatic carbocycles. The number of rotatable bonds is 4. The van der Waals surface area contributed by atoms with Gasteiger partial charge in [-0.3, -0.25) is 15.0 Å². The topological polar surface area (TPSA) is 66.6 Å². The number of halogens is 1. The van der Waals surface area contributed by atoms with Crippen molar-refractivity contribution in [1.29, 1.82) is 5.41 Å². The lowest BCUT2D eigenvalue weighted by molar-refractivity contribution is 0.769. The summed E-state index contributed by atoms with van der Waals surface area (Å²) >= 11 is 1.37. The molecule has 132 valence electrons. The first kappa shape index (κ1) is 17.4. The zero-order valence-electron chi connectivity index (χ0n) is 14.5. The maximum atomic E-state index is 8.81. The summed E-state index contributed by atoms with van der Waals surface area (Å²) in [6.45, 7) is 4.15. The molecule has 1 aliphatic heterocycles. The smallest absolute Gasteiger partial charge is 0.176 e. The highest BCUT2D eigenvalue weighted by atomic mass is 127. The van der Waals surface area contributed by atoms with E-state index in [0.29, 0.717) is 5.49 Å². The summed E-state index contributed by atoms with van der Waals surface area (Å²) in [5, 5.41) is 9.63. The molecule has 0 radical (unpaired) electrons. The number of benzene rings is 1. The standard InChI is InChI=1S/C19H18IN5S/c1-12-8-14(10-22-9-12)11-26-19-23-18-16(13(2)20-24-18)17(21)25(19)15-6-4-3-5-7-15/h3-10,21,24H,11H2,1-2H3. The number of aromatic nitrogens is 3. The Labute approximate surface area is 166 Å². The van der Waals surface area contributed by atoms with Crippen molar-refractivity contribution in [3.8, 4) is 5.69 Å². The second-order valence-corrected chi connectivity index (χ2v) is 9.66. The molecule has 0 aliphatic carbocycles. The van der Waals surface area contributed by atoms with Crippen LogP contribution in [0.2, 0.25) is 0 Å². The molecule has 0 saturated carbocycles. The fourth-order valence-corrected chi connectivity index (χ4v) is 5.60. The molecule has 3 aromatic rings. The zero-order chi connectivity index (χ0) is 18.1. The van der Waals surface area contributed by atoms with Gasteiger partial charge in [-0.25, -0.2) is 4.98 Å². The normalized spacial score (nSPS) is 12.8. The summed E-state index contributed by atoms with van der Waals surface area (Å²) in [5.74, 6) is 1.63. The molecule has 0 amide bonds. The van der Waals surface area contributed by atoms with Gasteiger partial charge in [0.25, 0.3) is 0 Å². The van der Waals surface area contributed by atoms with Gasteiger partial charge in [-0.1, -0.05) is 36.0 Å². The van der Waals surface area contributed by atoms with Crippen LogP contribution in [0.25, 0.3) is 5.69 Å². The van der Waals surface area contributed by atoms with Crippen molar-refractivity contribution in [2.24, 2.45) is 0 Å². The number of para-hydroxylation sites is 1. The van der Waals surface area contributed by atoms with Crippen LogP contribution in [0, 0.1) is 12.3 Å². The molecule has 2 aromatic heterocycles. The van der Waals surface area contributed by atoms with E-state index in [4.69, 9.17) is 10.4 Å². The summed E-state index contributed by atoms with van der Waals surface area (Å²) < 4.78 is 6.64. The number of pyridine rings is 1. The molecule has 1 aliphatic rings. The van der Waals surface area contributed by atoms with Crippen molar-refractivity contribution in [3.05, 3.63) is 71.0 Å². The Morgan fingerprint density at radius 1 is 1.19 bits per heavy atom. The van der Waals surface area contributed by atoms with E-state index in [2.05, 4.69) is 21.5 Å². The first-order chi connectivity index (χ1) is 12.6. The molecule has 26 heavy (non-hydrogen) atoms. The van der Waals surface area contributed by atoms with Gasteiger partial charge in [0.1, 0.15) is 11.3 Å². The van der Waals surface area contributed by atoms with Gasteiger partial charge in [-0.2, -0.15) is 0 Å². The number of nitrogens with one attached hydrogen (secondary N) is 2. The van der Waals surface area contributed by atoms with Gasteiger partial charge in [-0.15, -0.1) is 0 Å². The molecular weight excluding hydrogens is 457 g/mol. The van der Waals surface area contributed by atoms with Gasteiger partial charge >= 0.3 is 0 Å². The van der Waals surface area contributed by atoms with E-state index in [1.54, 1.807) is 11.8 Å². The summed E-state index contributed by atoms with van der Waals surface area (Å²) in [7, 11) is 0. The molecule has 0 bridgehead atoms. The Kier molecular flexibility index (Phi) is 4.90. The number of fused-ring (bicyclic) bond motifs is 1. The monoisotopic (exact) mass is 475 g/mol. The average Bonchev–Trinajstić information content (AvgIpc) is 3.02. The van der Waals surface area contributed by atoms with Crippen molar-refractivity contribution >= 4 is 42.1 Å². The number of hydrogen-bond donors (Lipinski definition) is 2. The molecule has 0 saturated heterocycles. The first-order valence-electron chi connectivity index (χ1n) is 8.17. The molecule has 2 N–H and O–H groups in total. The van der Waals surface area contributed by atoms with Crippen LogP contribution in [0.15, 0.2) is 53.9 Å². The molecule has 0 spiro atoms. The van der Waals surface area contributed by atoms with Gasteiger partial charge in [0.05, 0.1) is 5.56 Å². The van der Waals surface area contributed by atoms with Crippen molar-refractivity contribution in [3.63, 3.8) is 0 Å². The first-order valence-corrected chi connectivity index (χ1v) is 11.3. The Morgan fingerprint density at radius 2 is 2.00 bits per heavy atom. The number of thioether (sulfide) groups is 1. The summed E-state index contributed by atoms with van der Waals surface area (Å²) in [4.78, 5) is 9.13. The van der Waals surface area contributed by atoms with E-state index in [9.17, 15) is 0 Å². The van der Waals surface area contributed by atoms with E-state index in [1.165, 1.54) is 3.51 Å². The van der Waals surface area contributed by atoms with Crippen molar-refractivity contribution in [1.82, 2.24) is 14.5 Å². The largest absolute Gasteiger partial charge is 0.317 e. The van der Waals surface area contributed by atoms with Crippen molar-refractivity contribution in [2.45, 2.75) is 24.8 Å². The van der Waals surface area contributed by atoms with Crippen LogP contribution in [0.5, 0.6) is 0 Å². The van der Waals surface area contributed by atoms with Gasteiger partial charge in [0, 0.05) is 48.3 Å². The van der Waals surface area contributed by atoms with E-state index >= 15 is 0 Å². The quantitative estimate of drug-likeness (QED) is 0.257. The summed E-state index contributed by atoms with van der Waals surface area (Å²) in [6, 6.07) is 12.2. The lowest BCUT2D eigenvalue weighted by Crippen LogP contribution is -2.26. The second kappa shape index (κ2) is 7.32. The molecule has 5 nitrogen and oxygen atoms in total. The van der Waals surface area contributed by atoms with Gasteiger partial charge < -0.3 is 3.53 Å². The minimum Gasteiger partial charge on any atom is -0.317 e. The van der Waals surface area contributed by atoms with E-state index in [1.807, 2.05) is 54.2 Å². The van der Waals surface area contributed by atoms with Gasteiger partial charge in [-0.05, 0) is 37.1 Å². The molecular formula is C19H18IN5S. The fraction of sp³-hybridized carbons (Fsp3) is 0.158. The number of aryl methyl sites for hydroxylation is 1. The van der Waals surface area contributed by atoms with E-state index < -0.39 is 0 Å². The van der Waals surface area contributed by atoms with Crippen molar-refractivity contribution in [2.75, 3.05) is 3.53 Å². The number of hydrogen-bond acceptors (Lipinski definition) is 5. The predicted octanol–water partition coefficient (Wildman–Crippen LogP) is 4.20. The Balaban J connectivity index is 1.79. The third-order valence-corrected chi connectivity index (χ3v) is 7.17. The summed E-state index contributed by atoms with van der Waals surface area (Å²) in [5.41, 5.74) is 4.75. The Hall–Kier alpha value is -2.00. The second-order valence-electron chi connectivity index (χ2n) is 6.02. The maximum absolute atomic E-state index is 8.81. The predicted molar refractivity (Wildman–Crippen MR) is 115 cm³/mol. The highest BCUT2D eigenvalue weighted by Gasteiger charge is 2.21. The molecule has 0 unspecified atom stereocenters. The molecule has 7 heteroatoms. The third kappa shape index (κ3) is 3.33. The van der Waals surface area contributed by atoms with Gasteiger partial charge in [0.15, 0.2) is 5.16 Å². The van der Waals surface area contributed by atoms with Crippen LogP contribution in [-0.4, -0.2) is 18.0 Å². The van der Waals surface area contributed by atoms with Crippen LogP contribution < -0.4 is 9.02 Å². The van der Waals surface area contributed by atoms with Crippen LogP contribution >= 0.6 is 32.8 Å². The van der Waals surface area contributed by atoms with E-state index in [-0.39, 0.29) is 21.0 Å². The SMILES string of the molecule is CC1=INc2nc(SCc3cncc(C)c3)n(-c3ccccc3)c(=N)c21. The zero-order valence-corrected chi connectivity index (χ0v) is 17.4. The molecule has 4 rings (SSSR count). The molecule has 3 heterocycles. The maximum Gasteiger partial charge on any atom is 0.176 e. The number of anilines is 1. The lowest BCUT2D eigenvalue weighted by Gasteiger charge is -2.15. The van der Waals surface area contributed by atoms with Gasteiger partial charge in [0.2, 0.25) is 0 Å². The average molecular weight is 475 g/mol. The minimum atomic E-state index is -0.270. The van der Waals surface area contributed by atoms with Crippen molar-refractivity contribution < 1.29 is 0 Å². The Morgan fingerprint density at radius 3 is 2.77 bits per heavy atom. The van der Waals surface area contributed by atoms with Crippen LogP contribution in [-0.2, 0) is 5.75 Å². The van der Waals surface area contributed by atoms with Crippen LogP contribution in [0.4, 0.5) is 5.82 Å². The molecule has 0 fully saturated rings.